The molecule has 4 aromatic carbocycles. The molecular weight excluding hydrogens is 647 g/mol. The number of rotatable bonds is 25. The van der Waals surface area contributed by atoms with Gasteiger partial charge in [-0.1, -0.05) is 144 Å². The number of benzene rings is 4. The van der Waals surface area contributed by atoms with E-state index in [1.54, 1.807) is 0 Å². The van der Waals surface area contributed by atoms with Crippen molar-refractivity contribution in [3.63, 3.8) is 0 Å². The fourth-order valence-electron chi connectivity index (χ4n) is 7.71. The number of methoxy groups -OCH3 is 2. The van der Waals surface area contributed by atoms with Crippen molar-refractivity contribution < 1.29 is 19.7 Å². The molecule has 51 heavy (non-hydrogen) atoms. The van der Waals surface area contributed by atoms with Crippen LogP contribution in [0.15, 0.2) is 91.0 Å². The van der Waals surface area contributed by atoms with Gasteiger partial charge < -0.3 is 19.7 Å². The normalized spacial score (nSPS) is 11.5. The van der Waals surface area contributed by atoms with Gasteiger partial charge in [-0.3, -0.25) is 0 Å². The predicted octanol–water partition coefficient (Wildman–Crippen LogP) is 11.6. The van der Waals surface area contributed by atoms with Crippen LogP contribution in [-0.4, -0.2) is 30.6 Å². The molecule has 0 saturated carbocycles. The van der Waals surface area contributed by atoms with Crippen molar-refractivity contribution in [1.82, 2.24) is 0 Å². The van der Waals surface area contributed by atoms with E-state index in [4.69, 9.17) is 9.47 Å². The predicted molar refractivity (Wildman–Crippen MR) is 220 cm³/mol. The average molecular weight is 712 g/mol. The van der Waals surface area contributed by atoms with Crippen molar-refractivity contribution in [3.8, 4) is 23.0 Å². The third-order valence-electron chi connectivity index (χ3n) is 10.6. The third-order valence-corrected chi connectivity index (χ3v) is 15.2. The van der Waals surface area contributed by atoms with E-state index in [0.29, 0.717) is 5.56 Å². The molecule has 276 valence electrons. The molecule has 0 radical (unpaired) electrons. The van der Waals surface area contributed by atoms with E-state index >= 15 is 0 Å². The number of ether oxygens (including phenoxy) is 2. The van der Waals surface area contributed by atoms with Gasteiger partial charge in [0.1, 0.15) is 23.2 Å². The Kier molecular flexibility index (Phi) is 17.7. The van der Waals surface area contributed by atoms with Gasteiger partial charge in [0.05, 0.1) is 20.4 Å². The fraction of sp³-hybridized carbons (Fsp3) is 0.478. The van der Waals surface area contributed by atoms with Crippen LogP contribution >= 0.6 is 7.26 Å². The maximum atomic E-state index is 10.6. The first-order valence-electron chi connectivity index (χ1n) is 19.7. The Morgan fingerprint density at radius 2 is 0.745 bits per heavy atom. The minimum Gasteiger partial charge on any atom is -0.504 e. The molecule has 4 rings (SSSR count). The summed E-state index contributed by atoms with van der Waals surface area (Å²) < 4.78 is 10.5. The highest BCUT2D eigenvalue weighted by Gasteiger charge is 2.44. The molecule has 0 atom stereocenters. The van der Waals surface area contributed by atoms with Crippen LogP contribution < -0.4 is 25.4 Å². The van der Waals surface area contributed by atoms with E-state index in [9.17, 15) is 10.2 Å². The zero-order valence-electron chi connectivity index (χ0n) is 31.8. The quantitative estimate of drug-likeness (QED) is 0.0408. The molecule has 0 aliphatic heterocycles. The van der Waals surface area contributed by atoms with E-state index in [0.717, 1.165) is 24.8 Å². The molecule has 0 amide bonds. The van der Waals surface area contributed by atoms with Crippen LogP contribution in [0.4, 0.5) is 0 Å². The van der Waals surface area contributed by atoms with Crippen molar-refractivity contribution in [1.29, 1.82) is 0 Å². The molecule has 0 heterocycles. The summed E-state index contributed by atoms with van der Waals surface area (Å²) >= 11 is 0. The summed E-state index contributed by atoms with van der Waals surface area (Å²) in [5.74, 6) is 0.556. The zero-order chi connectivity index (χ0) is 36.2. The molecule has 4 nitrogen and oxygen atoms in total. The minimum absolute atomic E-state index is 0.0545. The van der Waals surface area contributed by atoms with Crippen molar-refractivity contribution in [2.24, 2.45) is 0 Å². The smallest absolute Gasteiger partial charge is 0.207 e. The highest BCUT2D eigenvalue weighted by Crippen LogP contribution is 2.56. The van der Waals surface area contributed by atoms with Crippen LogP contribution in [-0.2, 0) is 6.42 Å². The summed E-state index contributed by atoms with van der Waals surface area (Å²) in [7, 11) is 1.27. The number of aromatic hydroxyl groups is 2. The topological polar surface area (TPSA) is 58.9 Å². The second-order valence-corrected chi connectivity index (χ2v) is 17.8. The third kappa shape index (κ3) is 11.5. The first-order valence-corrected chi connectivity index (χ1v) is 21.7. The van der Waals surface area contributed by atoms with Gasteiger partial charge in [-0.15, -0.1) is 0 Å². The van der Waals surface area contributed by atoms with Gasteiger partial charge in [0.15, 0.2) is 11.5 Å². The molecule has 4 aromatic rings. The second-order valence-electron chi connectivity index (χ2n) is 14.2. The van der Waals surface area contributed by atoms with Crippen LogP contribution in [0.3, 0.4) is 0 Å². The number of hydrogen-bond acceptors (Lipinski definition) is 4. The zero-order valence-corrected chi connectivity index (χ0v) is 32.6. The standard InChI is InChI=1S/C46H63O4P/c1-38-42(44(48)46(50-3)45(49-2)43(38)47)36-28-17-15-13-11-9-7-5-4-6-8-10-12-14-16-18-29-37-51(39-30-22-19-23-31-39,40-32-24-20-25-33-40)41-34-26-21-27-35-41/h19-27,30-35H,4-18,28-29,36-37H2,1-3H3,(H-,47,48)/p+1. The molecule has 0 saturated heterocycles. The Morgan fingerprint density at radius 3 is 1.10 bits per heavy atom. The van der Waals surface area contributed by atoms with Crippen LogP contribution in [0.1, 0.15) is 120 Å². The number of unbranched alkanes of at least 4 members (excludes halogenated alkanes) is 16. The van der Waals surface area contributed by atoms with Gasteiger partial charge in [0, 0.05) is 11.1 Å². The summed E-state index contributed by atoms with van der Waals surface area (Å²) in [6, 6.07) is 33.9. The van der Waals surface area contributed by atoms with Crippen LogP contribution in [0, 0.1) is 6.92 Å². The summed E-state index contributed by atoms with van der Waals surface area (Å²) in [6.07, 6.45) is 24.2. The van der Waals surface area contributed by atoms with Crippen molar-refractivity contribution in [3.05, 3.63) is 102 Å². The largest absolute Gasteiger partial charge is 0.504 e. The first-order chi connectivity index (χ1) is 25.0. The lowest BCUT2D eigenvalue weighted by Crippen LogP contribution is -2.33. The molecule has 5 heteroatoms. The number of phenolic OH excluding ortho intramolecular Hbond substituents is 2. The lowest BCUT2D eigenvalue weighted by Gasteiger charge is -2.27. The van der Waals surface area contributed by atoms with E-state index in [2.05, 4.69) is 91.0 Å². The summed E-state index contributed by atoms with van der Waals surface area (Å²) in [6.45, 7) is 1.82. The highest BCUT2D eigenvalue weighted by atomic mass is 31.2. The number of phenols is 2. The van der Waals surface area contributed by atoms with Gasteiger partial charge in [0.25, 0.3) is 0 Å². The van der Waals surface area contributed by atoms with E-state index < -0.39 is 7.26 Å². The molecular formula is C46H64O4P+. The molecule has 0 aliphatic carbocycles. The monoisotopic (exact) mass is 711 g/mol. The lowest BCUT2D eigenvalue weighted by atomic mass is 9.98. The molecule has 2 N–H and O–H groups in total. The van der Waals surface area contributed by atoms with E-state index in [1.165, 1.54) is 133 Å². The van der Waals surface area contributed by atoms with Gasteiger partial charge in [0.2, 0.25) is 11.5 Å². The van der Waals surface area contributed by atoms with Crippen LogP contribution in [0.5, 0.6) is 23.0 Å². The van der Waals surface area contributed by atoms with Gasteiger partial charge in [-0.05, 0) is 69.0 Å². The second kappa shape index (κ2) is 22.4. The molecule has 0 aromatic heterocycles. The Hall–Kier alpha value is -3.49. The Balaban J connectivity index is 1.02. The Labute approximate surface area is 310 Å². The fourth-order valence-corrected chi connectivity index (χ4v) is 12.1. The molecule has 0 bridgehead atoms. The summed E-state index contributed by atoms with van der Waals surface area (Å²) in [4.78, 5) is 0. The molecule has 0 spiro atoms. The van der Waals surface area contributed by atoms with E-state index in [1.807, 2.05) is 6.92 Å². The highest BCUT2D eigenvalue weighted by molar-refractivity contribution is 7.95. The van der Waals surface area contributed by atoms with Crippen molar-refractivity contribution in [2.45, 2.75) is 122 Å². The summed E-state index contributed by atoms with van der Waals surface area (Å²) in [5.41, 5.74) is 1.43. The first kappa shape index (κ1) is 40.3. The van der Waals surface area contributed by atoms with Crippen LogP contribution in [0.25, 0.3) is 0 Å². The van der Waals surface area contributed by atoms with E-state index in [-0.39, 0.29) is 23.0 Å². The Morgan fingerprint density at radius 1 is 0.431 bits per heavy atom. The molecule has 0 fully saturated rings. The van der Waals surface area contributed by atoms with Crippen LogP contribution in [0.2, 0.25) is 0 Å². The lowest BCUT2D eigenvalue weighted by molar-refractivity contribution is 0.313. The Bertz CT molecular complexity index is 1430. The molecule has 0 unspecified atom stereocenters. The molecule has 0 aliphatic rings. The van der Waals surface area contributed by atoms with Crippen molar-refractivity contribution >= 4 is 23.2 Å². The SMILES string of the molecule is COc1c(O)c(C)c(CCCCCCCCCCCCCCCCCCC[P+](c2ccccc2)(c2ccccc2)c2ccccc2)c(O)c1OC. The maximum absolute atomic E-state index is 10.6. The summed E-state index contributed by atoms with van der Waals surface area (Å²) in [5, 5.41) is 25.6. The maximum Gasteiger partial charge on any atom is 0.207 e. The number of hydrogen-bond donors (Lipinski definition) is 2. The van der Waals surface area contributed by atoms with Gasteiger partial charge in [-0.2, -0.15) is 0 Å². The van der Waals surface area contributed by atoms with Gasteiger partial charge >= 0.3 is 0 Å². The minimum atomic E-state index is -1.69. The average Bonchev–Trinajstić information content (AvgIpc) is 3.17. The van der Waals surface area contributed by atoms with Gasteiger partial charge in [-0.25, -0.2) is 0 Å². The van der Waals surface area contributed by atoms with Crippen molar-refractivity contribution in [2.75, 3.05) is 20.4 Å².